The first kappa shape index (κ1) is 16.3. The van der Waals surface area contributed by atoms with Crippen molar-refractivity contribution < 1.29 is 9.32 Å². The fraction of sp³-hybridized carbons (Fsp3) is 0.353. The second kappa shape index (κ2) is 7.81. The van der Waals surface area contributed by atoms with Crippen molar-refractivity contribution in [2.45, 2.75) is 13.1 Å². The molecule has 0 saturated carbocycles. The fourth-order valence-corrected chi connectivity index (χ4v) is 3.16. The molecule has 1 saturated heterocycles. The highest BCUT2D eigenvalue weighted by Crippen LogP contribution is 2.08. The average Bonchev–Trinajstić information content (AvgIpc) is 3.09. The molecular formula is C17H21ClN3OS+. The van der Waals surface area contributed by atoms with Gasteiger partial charge in [0, 0.05) is 10.6 Å². The summed E-state index contributed by atoms with van der Waals surface area (Å²) >= 11 is 11.4. The van der Waals surface area contributed by atoms with Crippen LogP contribution in [0.2, 0.25) is 5.02 Å². The van der Waals surface area contributed by atoms with Crippen molar-refractivity contribution in [3.05, 3.63) is 59.0 Å². The number of furan rings is 1. The van der Waals surface area contributed by atoms with E-state index >= 15 is 0 Å². The lowest BCUT2D eigenvalue weighted by molar-refractivity contribution is -0.917. The molecule has 1 aliphatic rings. The summed E-state index contributed by atoms with van der Waals surface area (Å²) in [6.07, 6.45) is 1.68. The molecule has 4 nitrogen and oxygen atoms in total. The summed E-state index contributed by atoms with van der Waals surface area (Å²) < 4.78 is 5.31. The third-order valence-electron chi connectivity index (χ3n) is 4.12. The zero-order valence-corrected chi connectivity index (χ0v) is 14.5. The normalized spacial score (nSPS) is 15.6. The van der Waals surface area contributed by atoms with Gasteiger partial charge in [-0.3, -0.25) is 0 Å². The van der Waals surface area contributed by atoms with Crippen molar-refractivity contribution in [1.29, 1.82) is 0 Å². The Bertz CT molecular complexity index is 622. The number of thiocarbonyl (C=S) groups is 1. The number of hydrogen-bond acceptors (Lipinski definition) is 2. The van der Waals surface area contributed by atoms with Gasteiger partial charge in [0.05, 0.1) is 39.0 Å². The minimum Gasteiger partial charge on any atom is -0.467 e. The third-order valence-corrected chi connectivity index (χ3v) is 4.77. The minimum absolute atomic E-state index is 0.643. The van der Waals surface area contributed by atoms with Gasteiger partial charge >= 0.3 is 0 Å². The average molecular weight is 351 g/mol. The molecule has 1 aliphatic heterocycles. The van der Waals surface area contributed by atoms with Gasteiger partial charge in [0.15, 0.2) is 5.11 Å². The second-order valence-corrected chi connectivity index (χ2v) is 6.60. The molecule has 1 fully saturated rings. The van der Waals surface area contributed by atoms with E-state index in [0.717, 1.165) is 48.6 Å². The maximum Gasteiger partial charge on any atom is 0.169 e. The van der Waals surface area contributed by atoms with E-state index in [-0.39, 0.29) is 0 Å². The first-order valence-electron chi connectivity index (χ1n) is 7.84. The van der Waals surface area contributed by atoms with Crippen LogP contribution >= 0.6 is 23.8 Å². The molecular weight excluding hydrogens is 330 g/mol. The van der Waals surface area contributed by atoms with Crippen LogP contribution < -0.4 is 10.2 Å². The van der Waals surface area contributed by atoms with E-state index in [4.69, 9.17) is 28.2 Å². The molecule has 1 aromatic heterocycles. The first-order valence-corrected chi connectivity index (χ1v) is 8.62. The van der Waals surface area contributed by atoms with E-state index < -0.39 is 0 Å². The lowest BCUT2D eigenvalue weighted by atomic mass is 10.2. The number of nitrogens with one attached hydrogen (secondary N) is 2. The number of nitrogens with zero attached hydrogens (tertiary/aromatic N) is 1. The van der Waals surface area contributed by atoms with Gasteiger partial charge in [-0.25, -0.2) is 0 Å². The molecule has 0 spiro atoms. The standard InChI is InChI=1S/C17H20ClN3OS/c18-15-5-3-14(4-6-15)13-20-7-9-21(10-8-20)17(23)19-12-16-2-1-11-22-16/h1-6,11H,7-10,12-13H2,(H,19,23)/p+1. The maximum atomic E-state index is 5.93. The Morgan fingerprint density at radius 2 is 1.96 bits per heavy atom. The Balaban J connectivity index is 1.42. The van der Waals surface area contributed by atoms with E-state index in [9.17, 15) is 0 Å². The summed E-state index contributed by atoms with van der Waals surface area (Å²) in [5, 5.41) is 4.87. The lowest BCUT2D eigenvalue weighted by Crippen LogP contribution is -3.13. The number of hydrogen-bond donors (Lipinski definition) is 2. The topological polar surface area (TPSA) is 32.9 Å². The van der Waals surface area contributed by atoms with E-state index in [1.807, 2.05) is 24.3 Å². The minimum atomic E-state index is 0.643. The Morgan fingerprint density at radius 1 is 1.22 bits per heavy atom. The van der Waals surface area contributed by atoms with Crippen LogP contribution in [0, 0.1) is 0 Å². The number of halogens is 1. The molecule has 0 unspecified atom stereocenters. The highest BCUT2D eigenvalue weighted by atomic mass is 35.5. The lowest BCUT2D eigenvalue weighted by Gasteiger charge is -2.33. The van der Waals surface area contributed by atoms with Crippen molar-refractivity contribution in [2.75, 3.05) is 26.2 Å². The Labute approximate surface area is 147 Å². The summed E-state index contributed by atoms with van der Waals surface area (Å²) in [5.41, 5.74) is 1.33. The number of benzene rings is 1. The van der Waals surface area contributed by atoms with Gasteiger partial charge in [-0.1, -0.05) is 23.7 Å². The van der Waals surface area contributed by atoms with E-state index in [2.05, 4.69) is 22.3 Å². The van der Waals surface area contributed by atoms with Crippen molar-refractivity contribution in [1.82, 2.24) is 10.2 Å². The number of piperazine rings is 1. The Hall–Kier alpha value is -1.56. The van der Waals surface area contributed by atoms with Crippen molar-refractivity contribution in [3.8, 4) is 0 Å². The van der Waals surface area contributed by atoms with E-state index in [1.54, 1.807) is 11.2 Å². The van der Waals surface area contributed by atoms with Crippen molar-refractivity contribution in [3.63, 3.8) is 0 Å². The predicted octanol–water partition coefficient (Wildman–Crippen LogP) is 1.71. The number of rotatable bonds is 4. The van der Waals surface area contributed by atoms with E-state index in [1.165, 1.54) is 5.56 Å². The fourth-order valence-electron chi connectivity index (χ4n) is 2.78. The largest absolute Gasteiger partial charge is 0.467 e. The van der Waals surface area contributed by atoms with Gasteiger partial charge in [-0.2, -0.15) is 0 Å². The van der Waals surface area contributed by atoms with Crippen LogP contribution in [0.4, 0.5) is 0 Å². The Kier molecular flexibility index (Phi) is 5.54. The summed E-state index contributed by atoms with van der Waals surface area (Å²) in [4.78, 5) is 3.82. The number of quaternary nitrogens is 1. The molecule has 0 aliphatic carbocycles. The van der Waals surface area contributed by atoms with Crippen LogP contribution in [0.25, 0.3) is 0 Å². The molecule has 0 radical (unpaired) electrons. The molecule has 122 valence electrons. The van der Waals surface area contributed by atoms with Crippen LogP contribution in [0.1, 0.15) is 11.3 Å². The molecule has 3 rings (SSSR count). The smallest absolute Gasteiger partial charge is 0.169 e. The monoisotopic (exact) mass is 350 g/mol. The summed E-state index contributed by atoms with van der Waals surface area (Å²) in [6.45, 7) is 5.82. The van der Waals surface area contributed by atoms with Gasteiger partial charge in [0.2, 0.25) is 0 Å². The molecule has 2 N–H and O–H groups in total. The molecule has 0 amide bonds. The van der Waals surface area contributed by atoms with Gasteiger partial charge in [0.1, 0.15) is 12.3 Å². The predicted molar refractivity (Wildman–Crippen MR) is 95.6 cm³/mol. The first-order chi connectivity index (χ1) is 11.2. The third kappa shape index (κ3) is 4.70. The molecule has 23 heavy (non-hydrogen) atoms. The van der Waals surface area contributed by atoms with Crippen LogP contribution in [0.5, 0.6) is 0 Å². The van der Waals surface area contributed by atoms with Crippen molar-refractivity contribution in [2.24, 2.45) is 0 Å². The second-order valence-electron chi connectivity index (χ2n) is 5.78. The highest BCUT2D eigenvalue weighted by molar-refractivity contribution is 7.80. The van der Waals surface area contributed by atoms with Gasteiger partial charge in [0.25, 0.3) is 0 Å². The van der Waals surface area contributed by atoms with Crippen LogP contribution in [-0.2, 0) is 13.1 Å². The summed E-state index contributed by atoms with van der Waals surface area (Å²) in [5.74, 6) is 0.902. The molecule has 1 aromatic carbocycles. The zero-order chi connectivity index (χ0) is 16.1. The van der Waals surface area contributed by atoms with E-state index in [0.29, 0.717) is 6.54 Å². The van der Waals surface area contributed by atoms with Gasteiger partial charge in [-0.05, 0) is 36.5 Å². The summed E-state index contributed by atoms with van der Waals surface area (Å²) in [6, 6.07) is 12.0. The summed E-state index contributed by atoms with van der Waals surface area (Å²) in [7, 11) is 0. The zero-order valence-electron chi connectivity index (χ0n) is 12.9. The SMILES string of the molecule is S=C(NCc1ccco1)N1CC[NH+](Cc2ccc(Cl)cc2)CC1. The molecule has 0 atom stereocenters. The molecule has 2 heterocycles. The van der Waals surface area contributed by atoms with Gasteiger partial charge < -0.3 is 19.5 Å². The molecule has 2 aromatic rings. The maximum absolute atomic E-state index is 5.93. The van der Waals surface area contributed by atoms with Crippen LogP contribution in [0.15, 0.2) is 47.1 Å². The van der Waals surface area contributed by atoms with Crippen LogP contribution in [-0.4, -0.2) is 36.2 Å². The van der Waals surface area contributed by atoms with Crippen LogP contribution in [0.3, 0.4) is 0 Å². The molecule has 0 bridgehead atoms. The Morgan fingerprint density at radius 3 is 2.61 bits per heavy atom. The van der Waals surface area contributed by atoms with Crippen molar-refractivity contribution >= 4 is 28.9 Å². The highest BCUT2D eigenvalue weighted by Gasteiger charge is 2.21. The quantitative estimate of drug-likeness (QED) is 0.822. The van der Waals surface area contributed by atoms with Gasteiger partial charge in [-0.15, -0.1) is 0 Å². The molecule has 6 heteroatoms.